The van der Waals surface area contributed by atoms with Crippen LogP contribution in [0.4, 0.5) is 17.5 Å². The highest BCUT2D eigenvalue weighted by Gasteiger charge is 2.15. The monoisotopic (exact) mass is 255 g/mol. The van der Waals surface area contributed by atoms with Crippen molar-refractivity contribution in [3.8, 4) is 0 Å². The van der Waals surface area contributed by atoms with Crippen LogP contribution in [-0.2, 0) is 0 Å². The van der Waals surface area contributed by atoms with Gasteiger partial charge in [-0.05, 0) is 31.9 Å². The van der Waals surface area contributed by atoms with E-state index in [0.717, 1.165) is 30.5 Å². The molecule has 0 saturated carbocycles. The third kappa shape index (κ3) is 2.81. The van der Waals surface area contributed by atoms with E-state index in [1.807, 2.05) is 12.1 Å². The summed E-state index contributed by atoms with van der Waals surface area (Å²) in [5.41, 5.74) is 2.25. The van der Waals surface area contributed by atoms with Gasteiger partial charge in [-0.3, -0.25) is 0 Å². The van der Waals surface area contributed by atoms with Gasteiger partial charge in [-0.2, -0.15) is 10.1 Å². The molecule has 1 N–H and O–H groups in total. The zero-order chi connectivity index (χ0) is 13.1. The molecule has 0 bridgehead atoms. The molecule has 1 aliphatic heterocycles. The molecule has 98 valence electrons. The van der Waals surface area contributed by atoms with Crippen LogP contribution in [0, 0.1) is 6.92 Å². The summed E-state index contributed by atoms with van der Waals surface area (Å²) in [6.45, 7) is 4.12. The van der Waals surface area contributed by atoms with Gasteiger partial charge in [0.1, 0.15) is 0 Å². The number of hydrogen-bond donors (Lipinski definition) is 1. The number of nitrogens with zero attached hydrogens (tertiary/aromatic N) is 4. The number of anilines is 3. The van der Waals surface area contributed by atoms with Gasteiger partial charge < -0.3 is 10.2 Å². The van der Waals surface area contributed by atoms with Gasteiger partial charge in [0.25, 0.3) is 0 Å². The summed E-state index contributed by atoms with van der Waals surface area (Å²) in [5, 5.41) is 11.4. The fourth-order valence-corrected chi connectivity index (χ4v) is 2.19. The molecule has 19 heavy (non-hydrogen) atoms. The molecule has 1 aromatic heterocycles. The molecule has 0 unspecified atom stereocenters. The molecule has 0 radical (unpaired) electrons. The average Bonchev–Trinajstić information content (AvgIpc) is 2.96. The molecule has 0 spiro atoms. The van der Waals surface area contributed by atoms with E-state index in [1.54, 1.807) is 6.20 Å². The Morgan fingerprint density at radius 2 is 1.84 bits per heavy atom. The van der Waals surface area contributed by atoms with Crippen molar-refractivity contribution in [3.63, 3.8) is 0 Å². The molecule has 3 rings (SSSR count). The second kappa shape index (κ2) is 5.22. The summed E-state index contributed by atoms with van der Waals surface area (Å²) in [6, 6.07) is 8.20. The minimum Gasteiger partial charge on any atom is -0.339 e. The quantitative estimate of drug-likeness (QED) is 0.913. The van der Waals surface area contributed by atoms with Crippen LogP contribution < -0.4 is 10.2 Å². The standard InChI is InChI=1S/C14H17N5/c1-11-4-6-12(7-5-11)16-13-10-15-18-14(17-13)19-8-2-3-9-19/h4-7,10H,2-3,8-9H2,1H3,(H,16,17,18). The van der Waals surface area contributed by atoms with Crippen molar-refractivity contribution < 1.29 is 0 Å². The summed E-state index contributed by atoms with van der Waals surface area (Å²) in [4.78, 5) is 6.69. The molecule has 1 saturated heterocycles. The van der Waals surface area contributed by atoms with E-state index in [4.69, 9.17) is 0 Å². The van der Waals surface area contributed by atoms with E-state index in [2.05, 4.69) is 44.5 Å². The van der Waals surface area contributed by atoms with Crippen molar-refractivity contribution in [1.82, 2.24) is 15.2 Å². The Morgan fingerprint density at radius 3 is 2.58 bits per heavy atom. The Kier molecular flexibility index (Phi) is 3.27. The molecule has 0 atom stereocenters. The van der Waals surface area contributed by atoms with E-state index < -0.39 is 0 Å². The van der Waals surface area contributed by atoms with Crippen LogP contribution in [0.25, 0.3) is 0 Å². The molecule has 2 aromatic rings. The van der Waals surface area contributed by atoms with Gasteiger partial charge in [-0.15, -0.1) is 5.10 Å². The fraction of sp³-hybridized carbons (Fsp3) is 0.357. The molecule has 1 aliphatic rings. The SMILES string of the molecule is Cc1ccc(Nc2cnnc(N3CCCC3)n2)cc1. The van der Waals surface area contributed by atoms with Gasteiger partial charge in [-0.1, -0.05) is 17.7 Å². The second-order valence-electron chi connectivity index (χ2n) is 4.83. The van der Waals surface area contributed by atoms with Crippen molar-refractivity contribution in [2.45, 2.75) is 19.8 Å². The molecule has 1 fully saturated rings. The normalized spacial score (nSPS) is 14.7. The maximum Gasteiger partial charge on any atom is 0.247 e. The molecule has 1 aromatic carbocycles. The first-order valence-corrected chi connectivity index (χ1v) is 6.60. The van der Waals surface area contributed by atoms with E-state index in [9.17, 15) is 0 Å². The summed E-state index contributed by atoms with van der Waals surface area (Å²) in [7, 11) is 0. The van der Waals surface area contributed by atoms with Crippen LogP contribution in [0.1, 0.15) is 18.4 Å². The number of benzene rings is 1. The molecule has 2 heterocycles. The summed E-state index contributed by atoms with van der Waals surface area (Å²) in [5.74, 6) is 1.45. The highest BCUT2D eigenvalue weighted by molar-refractivity contribution is 5.56. The maximum atomic E-state index is 4.51. The highest BCUT2D eigenvalue weighted by atomic mass is 15.3. The van der Waals surface area contributed by atoms with Crippen molar-refractivity contribution in [2.24, 2.45) is 0 Å². The predicted molar refractivity (Wildman–Crippen MR) is 75.7 cm³/mol. The van der Waals surface area contributed by atoms with Crippen LogP contribution >= 0.6 is 0 Å². The first-order chi connectivity index (χ1) is 9.31. The van der Waals surface area contributed by atoms with E-state index >= 15 is 0 Å². The molecule has 5 nitrogen and oxygen atoms in total. The molecule has 0 amide bonds. The zero-order valence-electron chi connectivity index (χ0n) is 11.0. The van der Waals surface area contributed by atoms with Crippen molar-refractivity contribution in [3.05, 3.63) is 36.0 Å². The number of nitrogens with one attached hydrogen (secondary N) is 1. The smallest absolute Gasteiger partial charge is 0.247 e. The number of aromatic nitrogens is 3. The Hall–Kier alpha value is -2.17. The van der Waals surface area contributed by atoms with Crippen molar-refractivity contribution >= 4 is 17.5 Å². The van der Waals surface area contributed by atoms with E-state index in [1.165, 1.54) is 18.4 Å². The highest BCUT2D eigenvalue weighted by Crippen LogP contribution is 2.18. The second-order valence-corrected chi connectivity index (χ2v) is 4.83. The van der Waals surface area contributed by atoms with Crippen LogP contribution in [-0.4, -0.2) is 28.3 Å². The minimum absolute atomic E-state index is 0.717. The largest absolute Gasteiger partial charge is 0.339 e. The van der Waals surface area contributed by atoms with Crippen LogP contribution in [0.2, 0.25) is 0 Å². The first-order valence-electron chi connectivity index (χ1n) is 6.60. The molecular weight excluding hydrogens is 238 g/mol. The van der Waals surface area contributed by atoms with Crippen LogP contribution in [0.3, 0.4) is 0 Å². The lowest BCUT2D eigenvalue weighted by Crippen LogP contribution is -2.21. The van der Waals surface area contributed by atoms with Gasteiger partial charge in [-0.25, -0.2) is 0 Å². The topological polar surface area (TPSA) is 53.9 Å². The lowest BCUT2D eigenvalue weighted by Gasteiger charge is -2.14. The number of hydrogen-bond acceptors (Lipinski definition) is 5. The summed E-state index contributed by atoms with van der Waals surface area (Å²) < 4.78 is 0. The average molecular weight is 255 g/mol. The summed E-state index contributed by atoms with van der Waals surface area (Å²) >= 11 is 0. The third-order valence-corrected chi connectivity index (χ3v) is 3.26. The van der Waals surface area contributed by atoms with Gasteiger partial charge in [0.15, 0.2) is 5.82 Å². The zero-order valence-corrected chi connectivity index (χ0v) is 11.0. The molecule has 0 aliphatic carbocycles. The van der Waals surface area contributed by atoms with Gasteiger partial charge >= 0.3 is 0 Å². The molecular formula is C14H17N5. The lowest BCUT2D eigenvalue weighted by molar-refractivity contribution is 0.852. The third-order valence-electron chi connectivity index (χ3n) is 3.26. The Labute approximate surface area is 112 Å². The van der Waals surface area contributed by atoms with Gasteiger partial charge in [0.2, 0.25) is 5.95 Å². The van der Waals surface area contributed by atoms with Gasteiger partial charge in [0, 0.05) is 18.8 Å². The van der Waals surface area contributed by atoms with Gasteiger partial charge in [0.05, 0.1) is 6.20 Å². The Balaban J connectivity index is 1.77. The lowest BCUT2D eigenvalue weighted by atomic mass is 10.2. The maximum absolute atomic E-state index is 4.51. The molecule has 5 heteroatoms. The fourth-order valence-electron chi connectivity index (χ4n) is 2.19. The van der Waals surface area contributed by atoms with E-state index in [-0.39, 0.29) is 0 Å². The van der Waals surface area contributed by atoms with Crippen LogP contribution in [0.5, 0.6) is 0 Å². The first kappa shape index (κ1) is 11.9. The predicted octanol–water partition coefficient (Wildman–Crippen LogP) is 2.52. The van der Waals surface area contributed by atoms with E-state index in [0.29, 0.717) is 0 Å². The summed E-state index contributed by atoms with van der Waals surface area (Å²) in [6.07, 6.45) is 4.07. The van der Waals surface area contributed by atoms with Crippen molar-refractivity contribution in [2.75, 3.05) is 23.3 Å². The van der Waals surface area contributed by atoms with Crippen molar-refractivity contribution in [1.29, 1.82) is 0 Å². The number of aryl methyl sites for hydroxylation is 1. The van der Waals surface area contributed by atoms with Crippen LogP contribution in [0.15, 0.2) is 30.5 Å². The minimum atomic E-state index is 0.717. The Bertz CT molecular complexity index is 546. The Morgan fingerprint density at radius 1 is 1.11 bits per heavy atom. The number of rotatable bonds is 3.